The van der Waals surface area contributed by atoms with E-state index < -0.39 is 17.3 Å². The minimum Gasteiger partial charge on any atom is -0.507 e. The van der Waals surface area contributed by atoms with Gasteiger partial charge in [0, 0.05) is 22.5 Å². The lowest BCUT2D eigenvalue weighted by molar-refractivity contribution is 0.0975. The lowest BCUT2D eigenvalue weighted by Gasteiger charge is -2.25. The van der Waals surface area contributed by atoms with Crippen LogP contribution < -0.4 is 11.5 Å². The zero-order valence-electron chi connectivity index (χ0n) is 17.9. The summed E-state index contributed by atoms with van der Waals surface area (Å²) in [5, 5.41) is 32.0. The molecule has 7 nitrogen and oxygen atoms in total. The smallest absolute Gasteiger partial charge is 0.200 e. The zero-order chi connectivity index (χ0) is 23.4. The molecule has 168 valence electrons. The maximum atomic E-state index is 13.4. The molecule has 0 atom stereocenters. The molecule has 0 aromatic heterocycles. The Morgan fingerprint density at radius 2 is 1.30 bits per heavy atom. The third kappa shape index (κ3) is 3.11. The number of phenolic OH excluding ortho intramolecular Hbond substituents is 3. The molecule has 1 fully saturated rings. The third-order valence-electron chi connectivity index (χ3n) is 6.84. The Bertz CT molecular complexity index is 1340. The fraction of sp³-hybridized carbons (Fsp3) is 0.231. The van der Waals surface area contributed by atoms with Crippen LogP contribution >= 0.6 is 0 Å². The summed E-state index contributed by atoms with van der Waals surface area (Å²) in [6, 6.07) is 9.22. The van der Waals surface area contributed by atoms with Gasteiger partial charge in [-0.25, -0.2) is 0 Å². The largest absolute Gasteiger partial charge is 0.507 e. The summed E-state index contributed by atoms with van der Waals surface area (Å²) in [4.78, 5) is 26.5. The number of hydrogen-bond donors (Lipinski definition) is 5. The van der Waals surface area contributed by atoms with Gasteiger partial charge in [-0.15, -0.1) is 0 Å². The van der Waals surface area contributed by atoms with Crippen LogP contribution in [-0.2, 0) is 0 Å². The molecule has 7 heteroatoms. The summed E-state index contributed by atoms with van der Waals surface area (Å²) in [6.07, 6.45) is 5.59. The second kappa shape index (κ2) is 7.55. The predicted molar refractivity (Wildman–Crippen MR) is 125 cm³/mol. The van der Waals surface area contributed by atoms with Gasteiger partial charge in [-0.05, 0) is 54.7 Å². The first-order valence-electron chi connectivity index (χ1n) is 11.0. The molecule has 0 heterocycles. The molecule has 0 amide bonds. The molecule has 2 aliphatic rings. The van der Waals surface area contributed by atoms with E-state index in [0.717, 1.165) is 31.2 Å². The molecule has 0 aliphatic heterocycles. The molecule has 0 spiro atoms. The highest BCUT2D eigenvalue weighted by Gasteiger charge is 2.38. The number of anilines is 2. The SMILES string of the molecule is Nc1ccc(O)c2c1C(=O)c1c(O)c(-c3cc(C4CCCCC4)ccc3O)cc(N)c1C2=O. The number of carbonyl (C=O) groups is 2. The maximum Gasteiger partial charge on any atom is 0.200 e. The normalized spacial score (nSPS) is 15.9. The highest BCUT2D eigenvalue weighted by molar-refractivity contribution is 6.33. The van der Waals surface area contributed by atoms with Crippen molar-refractivity contribution < 1.29 is 24.9 Å². The second-order valence-corrected chi connectivity index (χ2v) is 8.81. The predicted octanol–water partition coefficient (Wildman–Crippen LogP) is 4.46. The van der Waals surface area contributed by atoms with Crippen LogP contribution in [0.1, 0.15) is 75.4 Å². The first kappa shape index (κ1) is 20.9. The monoisotopic (exact) mass is 444 g/mol. The molecule has 3 aromatic carbocycles. The van der Waals surface area contributed by atoms with Crippen molar-refractivity contribution in [3.63, 3.8) is 0 Å². The number of hydrogen-bond acceptors (Lipinski definition) is 7. The van der Waals surface area contributed by atoms with Gasteiger partial charge in [0.15, 0.2) is 0 Å². The second-order valence-electron chi connectivity index (χ2n) is 8.81. The van der Waals surface area contributed by atoms with Gasteiger partial charge in [0.25, 0.3) is 0 Å². The van der Waals surface area contributed by atoms with Crippen LogP contribution in [0.2, 0.25) is 0 Å². The van der Waals surface area contributed by atoms with Crippen LogP contribution in [0.5, 0.6) is 17.2 Å². The van der Waals surface area contributed by atoms with Crippen molar-refractivity contribution in [2.24, 2.45) is 0 Å². The van der Waals surface area contributed by atoms with E-state index in [4.69, 9.17) is 11.5 Å². The molecule has 0 unspecified atom stereocenters. The van der Waals surface area contributed by atoms with Crippen molar-refractivity contribution in [1.82, 2.24) is 0 Å². The Labute approximate surface area is 190 Å². The molecule has 0 bridgehead atoms. The van der Waals surface area contributed by atoms with E-state index in [1.165, 1.54) is 24.6 Å². The van der Waals surface area contributed by atoms with Crippen molar-refractivity contribution in [3.8, 4) is 28.4 Å². The number of ketones is 2. The number of fused-ring (bicyclic) bond motifs is 2. The van der Waals surface area contributed by atoms with E-state index in [9.17, 15) is 24.9 Å². The van der Waals surface area contributed by atoms with Gasteiger partial charge in [0.1, 0.15) is 17.2 Å². The first-order chi connectivity index (χ1) is 15.8. The summed E-state index contributed by atoms with van der Waals surface area (Å²) in [6.45, 7) is 0. The Morgan fingerprint density at radius 1 is 0.667 bits per heavy atom. The van der Waals surface area contributed by atoms with Crippen LogP contribution in [-0.4, -0.2) is 26.9 Å². The van der Waals surface area contributed by atoms with E-state index in [1.54, 1.807) is 6.07 Å². The minimum absolute atomic E-state index is 0.0114. The number of phenols is 3. The van der Waals surface area contributed by atoms with Gasteiger partial charge in [-0.1, -0.05) is 25.3 Å². The lowest BCUT2D eigenvalue weighted by atomic mass is 9.79. The molecule has 7 N–H and O–H groups in total. The minimum atomic E-state index is -0.707. The molecular weight excluding hydrogens is 420 g/mol. The van der Waals surface area contributed by atoms with E-state index in [-0.39, 0.29) is 50.7 Å². The van der Waals surface area contributed by atoms with Gasteiger partial charge < -0.3 is 26.8 Å². The molecule has 5 rings (SSSR count). The molecule has 1 saturated carbocycles. The Kier molecular flexibility index (Phi) is 4.78. The van der Waals surface area contributed by atoms with E-state index >= 15 is 0 Å². The topological polar surface area (TPSA) is 147 Å². The van der Waals surface area contributed by atoms with Gasteiger partial charge >= 0.3 is 0 Å². The summed E-state index contributed by atoms with van der Waals surface area (Å²) in [5.74, 6) is -1.96. The molecular formula is C26H24N2O5. The van der Waals surface area contributed by atoms with Crippen molar-refractivity contribution in [1.29, 1.82) is 0 Å². The Hall–Kier alpha value is -4.00. The number of carbonyl (C=O) groups excluding carboxylic acids is 2. The number of benzene rings is 3. The van der Waals surface area contributed by atoms with Crippen LogP contribution in [0.15, 0.2) is 36.4 Å². The number of rotatable bonds is 2. The van der Waals surface area contributed by atoms with Crippen LogP contribution in [0, 0.1) is 0 Å². The average molecular weight is 444 g/mol. The highest BCUT2D eigenvalue weighted by Crippen LogP contribution is 2.47. The van der Waals surface area contributed by atoms with E-state index in [0.29, 0.717) is 11.5 Å². The number of aromatic hydroxyl groups is 3. The van der Waals surface area contributed by atoms with Crippen molar-refractivity contribution in [3.05, 3.63) is 64.2 Å². The lowest BCUT2D eigenvalue weighted by Crippen LogP contribution is -2.24. The Morgan fingerprint density at radius 3 is 2.03 bits per heavy atom. The van der Waals surface area contributed by atoms with Crippen LogP contribution in [0.4, 0.5) is 11.4 Å². The highest BCUT2D eigenvalue weighted by atomic mass is 16.3. The molecule has 0 saturated heterocycles. The first-order valence-corrected chi connectivity index (χ1v) is 11.0. The number of nitrogens with two attached hydrogens (primary N) is 2. The number of nitrogen functional groups attached to an aromatic ring is 2. The van der Waals surface area contributed by atoms with E-state index in [1.807, 2.05) is 12.1 Å². The summed E-state index contributed by atoms with van der Waals surface area (Å²) in [7, 11) is 0. The fourth-order valence-electron chi connectivity index (χ4n) is 5.16. The Balaban J connectivity index is 1.71. The van der Waals surface area contributed by atoms with Crippen LogP contribution in [0.25, 0.3) is 11.1 Å². The van der Waals surface area contributed by atoms with Crippen molar-refractivity contribution in [2.45, 2.75) is 38.0 Å². The fourth-order valence-corrected chi connectivity index (χ4v) is 5.16. The van der Waals surface area contributed by atoms with Crippen molar-refractivity contribution >= 4 is 22.9 Å². The summed E-state index contributed by atoms with van der Waals surface area (Å²) >= 11 is 0. The summed E-state index contributed by atoms with van der Waals surface area (Å²) in [5.41, 5.74) is 12.8. The molecule has 33 heavy (non-hydrogen) atoms. The van der Waals surface area contributed by atoms with Gasteiger partial charge in [0.2, 0.25) is 11.6 Å². The standard InChI is InChI=1S/C26H24N2O5/c27-16-7-9-19(30)22-20(16)26(33)23-21(25(22)32)17(28)11-15(24(23)31)14-10-13(6-8-18(14)29)12-4-2-1-3-5-12/h6-12,29-31H,1-5,27-28H2. The maximum absolute atomic E-state index is 13.4. The quantitative estimate of drug-likeness (QED) is 0.226. The van der Waals surface area contributed by atoms with Gasteiger partial charge in [-0.3, -0.25) is 9.59 Å². The zero-order valence-corrected chi connectivity index (χ0v) is 17.9. The van der Waals surface area contributed by atoms with Crippen LogP contribution in [0.3, 0.4) is 0 Å². The van der Waals surface area contributed by atoms with Gasteiger partial charge in [0.05, 0.1) is 22.3 Å². The molecule has 2 aliphatic carbocycles. The molecule has 0 radical (unpaired) electrons. The molecule has 3 aromatic rings. The summed E-state index contributed by atoms with van der Waals surface area (Å²) < 4.78 is 0. The van der Waals surface area contributed by atoms with Gasteiger partial charge in [-0.2, -0.15) is 0 Å². The third-order valence-corrected chi connectivity index (χ3v) is 6.84. The van der Waals surface area contributed by atoms with E-state index in [2.05, 4.69) is 0 Å². The average Bonchev–Trinajstić information content (AvgIpc) is 2.81. The van der Waals surface area contributed by atoms with Crippen molar-refractivity contribution in [2.75, 3.05) is 11.5 Å².